The minimum Gasteiger partial charge on any atom is -0.388 e. The van der Waals surface area contributed by atoms with E-state index in [4.69, 9.17) is 11.6 Å². The van der Waals surface area contributed by atoms with Crippen LogP contribution in [0.25, 0.3) is 0 Å². The zero-order chi connectivity index (χ0) is 19.9. The van der Waals surface area contributed by atoms with Crippen LogP contribution in [0.15, 0.2) is 42.4 Å². The van der Waals surface area contributed by atoms with Crippen LogP contribution in [0.1, 0.15) is 25.0 Å². The van der Waals surface area contributed by atoms with Gasteiger partial charge in [-0.25, -0.2) is 9.18 Å². The number of aliphatic hydroxyl groups is 1. The molecule has 3 aliphatic heterocycles. The van der Waals surface area contributed by atoms with Gasteiger partial charge in [-0.1, -0.05) is 11.6 Å². The highest BCUT2D eigenvalue weighted by molar-refractivity contribution is 6.30. The van der Waals surface area contributed by atoms with Gasteiger partial charge in [-0.3, -0.25) is 9.80 Å². The Labute approximate surface area is 168 Å². The maximum absolute atomic E-state index is 14.4. The van der Waals surface area contributed by atoms with Gasteiger partial charge in [0.2, 0.25) is 0 Å². The first-order valence-electron chi connectivity index (χ1n) is 9.49. The van der Waals surface area contributed by atoms with Crippen molar-refractivity contribution in [2.45, 2.75) is 25.1 Å². The Bertz CT molecular complexity index is 837. The Morgan fingerprint density at radius 2 is 2.04 bits per heavy atom. The number of allylic oxidation sites excluding steroid dienone is 2. The predicted molar refractivity (Wildman–Crippen MR) is 107 cm³/mol. The lowest BCUT2D eigenvalue weighted by atomic mass is 9.99. The molecule has 8 heteroatoms. The minimum absolute atomic E-state index is 0.0900. The molecular weight excluding hydrogens is 383 g/mol. The molecule has 1 fully saturated rings. The first kappa shape index (κ1) is 19.2. The van der Waals surface area contributed by atoms with Crippen molar-refractivity contribution in [3.63, 3.8) is 0 Å². The fourth-order valence-electron chi connectivity index (χ4n) is 4.10. The highest BCUT2D eigenvalue weighted by Crippen LogP contribution is 2.36. The molecule has 28 heavy (non-hydrogen) atoms. The van der Waals surface area contributed by atoms with Crippen molar-refractivity contribution in [3.05, 3.63) is 53.0 Å². The van der Waals surface area contributed by atoms with E-state index in [2.05, 4.69) is 5.32 Å². The van der Waals surface area contributed by atoms with Gasteiger partial charge in [0.15, 0.2) is 0 Å². The molecule has 0 aliphatic carbocycles. The molecule has 2 atom stereocenters. The van der Waals surface area contributed by atoms with Gasteiger partial charge < -0.3 is 15.3 Å². The number of halogens is 2. The molecule has 0 radical (unpaired) electrons. The lowest BCUT2D eigenvalue weighted by Gasteiger charge is -2.46. The van der Waals surface area contributed by atoms with Crippen LogP contribution < -0.4 is 10.2 Å². The van der Waals surface area contributed by atoms with Crippen LogP contribution in [-0.2, 0) is 0 Å². The van der Waals surface area contributed by atoms with Crippen LogP contribution in [0.2, 0.25) is 5.02 Å². The molecule has 3 aliphatic rings. The molecule has 2 amide bonds. The summed E-state index contributed by atoms with van der Waals surface area (Å²) in [4.78, 5) is 18.6. The lowest BCUT2D eigenvalue weighted by Crippen LogP contribution is -2.63. The third kappa shape index (κ3) is 3.27. The topological polar surface area (TPSA) is 59.0 Å². The number of benzene rings is 1. The van der Waals surface area contributed by atoms with Crippen LogP contribution in [0.4, 0.5) is 14.9 Å². The maximum atomic E-state index is 14.4. The number of nitrogens with one attached hydrogen (secondary N) is 1. The Morgan fingerprint density at radius 3 is 2.75 bits per heavy atom. The van der Waals surface area contributed by atoms with Crippen molar-refractivity contribution in [2.75, 3.05) is 37.6 Å². The summed E-state index contributed by atoms with van der Waals surface area (Å²) in [5, 5.41) is 13.9. The number of hydrogen-bond acceptors (Lipinski definition) is 4. The summed E-state index contributed by atoms with van der Waals surface area (Å²) < 4.78 is 14.4. The Kier molecular flexibility index (Phi) is 5.07. The first-order chi connectivity index (χ1) is 13.4. The van der Waals surface area contributed by atoms with Crippen molar-refractivity contribution in [2.24, 2.45) is 0 Å². The monoisotopic (exact) mass is 406 g/mol. The van der Waals surface area contributed by atoms with E-state index in [0.29, 0.717) is 55.4 Å². The summed E-state index contributed by atoms with van der Waals surface area (Å²) in [6.45, 7) is 4.41. The summed E-state index contributed by atoms with van der Waals surface area (Å²) in [6.07, 6.45) is 4.71. The zero-order valence-corrected chi connectivity index (χ0v) is 16.5. The Balaban J connectivity index is 1.46. The number of amides is 2. The number of rotatable bonds is 1. The molecule has 0 spiro atoms. The van der Waals surface area contributed by atoms with Crippen LogP contribution in [0.5, 0.6) is 0 Å². The number of piperazine rings is 1. The van der Waals surface area contributed by atoms with E-state index < -0.39 is 11.8 Å². The van der Waals surface area contributed by atoms with Crippen LogP contribution >= 0.6 is 11.6 Å². The van der Waals surface area contributed by atoms with Crippen molar-refractivity contribution < 1.29 is 14.3 Å². The maximum Gasteiger partial charge on any atom is 0.324 e. The molecule has 2 unspecified atom stereocenters. The molecule has 3 heterocycles. The highest BCUT2D eigenvalue weighted by atomic mass is 35.5. The van der Waals surface area contributed by atoms with Crippen LogP contribution in [0.3, 0.4) is 0 Å². The van der Waals surface area contributed by atoms with Gasteiger partial charge in [-0.15, -0.1) is 0 Å². The number of nitrogens with zero attached hydrogens (tertiary/aromatic N) is 3. The number of urea groups is 1. The number of hydrogen-bond donors (Lipinski definition) is 2. The number of fused-ring (bicyclic) bond motifs is 1. The first-order valence-corrected chi connectivity index (χ1v) is 9.87. The van der Waals surface area contributed by atoms with Gasteiger partial charge in [0.1, 0.15) is 11.5 Å². The Hall–Kier alpha value is -2.09. The number of carbonyl (C=O) groups is 1. The molecule has 1 aromatic carbocycles. The Morgan fingerprint density at radius 1 is 1.29 bits per heavy atom. The second-order valence-electron chi connectivity index (χ2n) is 7.51. The summed E-state index contributed by atoms with van der Waals surface area (Å²) >= 11 is 6.06. The van der Waals surface area contributed by atoms with Crippen molar-refractivity contribution in [3.8, 4) is 0 Å². The van der Waals surface area contributed by atoms with Gasteiger partial charge in [0, 0.05) is 43.3 Å². The second-order valence-corrected chi connectivity index (χ2v) is 7.94. The van der Waals surface area contributed by atoms with Gasteiger partial charge in [-0.2, -0.15) is 0 Å². The molecule has 6 nitrogen and oxygen atoms in total. The molecule has 150 valence electrons. The molecule has 2 N–H and O–H groups in total. The largest absolute Gasteiger partial charge is 0.388 e. The van der Waals surface area contributed by atoms with E-state index in [1.165, 1.54) is 6.08 Å². The summed E-state index contributed by atoms with van der Waals surface area (Å²) in [6, 6.07) is 5.15. The molecule has 0 bridgehead atoms. The van der Waals surface area contributed by atoms with E-state index >= 15 is 0 Å². The average Bonchev–Trinajstić information content (AvgIpc) is 2.70. The summed E-state index contributed by atoms with van der Waals surface area (Å²) in [5.41, 5.74) is 0.516. The quantitative estimate of drug-likeness (QED) is 0.752. The van der Waals surface area contributed by atoms with Gasteiger partial charge in [0.25, 0.3) is 0 Å². The van der Waals surface area contributed by atoms with E-state index in [1.54, 1.807) is 40.3 Å². The molecule has 1 aromatic rings. The fraction of sp³-hybridized carbons (Fsp3) is 0.450. The second kappa shape index (κ2) is 7.39. The van der Waals surface area contributed by atoms with Gasteiger partial charge in [0.05, 0.1) is 11.8 Å². The highest BCUT2D eigenvalue weighted by Gasteiger charge is 2.40. The number of dihydropyridines is 1. The van der Waals surface area contributed by atoms with E-state index in [-0.39, 0.29) is 11.9 Å². The number of anilines is 1. The van der Waals surface area contributed by atoms with Crippen molar-refractivity contribution in [1.82, 2.24) is 15.1 Å². The van der Waals surface area contributed by atoms with E-state index in [1.807, 2.05) is 11.8 Å². The standard InChI is InChI=1S/C20H24ClFN4O2/c1-20(18(22)3-2-7-23-20)25-11-9-24(10-12-25)19(28)26-8-6-17(27)15-13-14(21)4-5-16(15)26/h2-5,7,13,17,23,27H,6,8-12H2,1H3. The zero-order valence-electron chi connectivity index (χ0n) is 15.7. The SMILES string of the molecule is CC1(N2CCN(C(=O)N3CCC(O)c4cc(Cl)ccc43)CC2)NC=CC=C1F. The van der Waals surface area contributed by atoms with Gasteiger partial charge >= 0.3 is 6.03 Å². The molecule has 1 saturated heterocycles. The fourth-order valence-corrected chi connectivity index (χ4v) is 4.28. The summed E-state index contributed by atoms with van der Waals surface area (Å²) in [7, 11) is 0. The van der Waals surface area contributed by atoms with E-state index in [0.717, 1.165) is 0 Å². The molecule has 0 saturated carbocycles. The number of carbonyl (C=O) groups excluding carboxylic acids is 1. The smallest absolute Gasteiger partial charge is 0.324 e. The lowest BCUT2D eigenvalue weighted by molar-refractivity contribution is 0.0482. The third-order valence-electron chi connectivity index (χ3n) is 5.85. The van der Waals surface area contributed by atoms with Crippen molar-refractivity contribution in [1.29, 1.82) is 0 Å². The van der Waals surface area contributed by atoms with Gasteiger partial charge in [-0.05, 0) is 49.9 Å². The van der Waals surface area contributed by atoms with Crippen molar-refractivity contribution >= 4 is 23.3 Å². The van der Waals surface area contributed by atoms with Crippen LogP contribution in [0, 0.1) is 0 Å². The molecule has 0 aromatic heterocycles. The van der Waals surface area contributed by atoms with Crippen LogP contribution in [-0.4, -0.2) is 59.3 Å². The van der Waals surface area contributed by atoms with E-state index in [9.17, 15) is 14.3 Å². The predicted octanol–water partition coefficient (Wildman–Crippen LogP) is 3.01. The molecular formula is C20H24ClFN4O2. The molecule has 4 rings (SSSR count). The third-order valence-corrected chi connectivity index (χ3v) is 6.08. The number of aliphatic hydroxyl groups excluding tert-OH is 1. The normalized spacial score (nSPS) is 27.9. The minimum atomic E-state index is -0.873. The average molecular weight is 407 g/mol. The summed E-state index contributed by atoms with van der Waals surface area (Å²) in [5.74, 6) is -0.231.